The van der Waals surface area contributed by atoms with Gasteiger partial charge in [0, 0.05) is 61.6 Å². The molecule has 1 aromatic carbocycles. The molecule has 0 radical (unpaired) electrons. The minimum absolute atomic E-state index is 0.0738. The van der Waals surface area contributed by atoms with Gasteiger partial charge in [-0.1, -0.05) is 6.07 Å². The molecule has 1 saturated heterocycles. The number of urea groups is 1. The Kier molecular flexibility index (Phi) is 5.35. The number of nitrogens with zero attached hydrogens (tertiary/aromatic N) is 2. The molecule has 2 heterocycles. The van der Waals surface area contributed by atoms with Gasteiger partial charge in [-0.15, -0.1) is 11.3 Å². The van der Waals surface area contributed by atoms with Gasteiger partial charge in [0.1, 0.15) is 0 Å². The molecule has 2 amide bonds. The molecule has 1 aromatic heterocycles. The highest BCUT2D eigenvalue weighted by atomic mass is 32.1. The molecule has 6 heteroatoms. The molecule has 5 nitrogen and oxygen atoms in total. The van der Waals surface area contributed by atoms with Gasteiger partial charge >= 0.3 is 6.03 Å². The number of thiophene rings is 1. The number of amides is 2. The Morgan fingerprint density at radius 1 is 1.17 bits per heavy atom. The van der Waals surface area contributed by atoms with Gasteiger partial charge < -0.3 is 15.5 Å². The van der Waals surface area contributed by atoms with E-state index in [0.717, 1.165) is 32.7 Å². The Hall–Kier alpha value is -1.79. The predicted molar refractivity (Wildman–Crippen MR) is 97.6 cm³/mol. The van der Waals surface area contributed by atoms with Crippen molar-refractivity contribution in [1.29, 1.82) is 0 Å². The lowest BCUT2D eigenvalue weighted by molar-refractivity contribution is 0.232. The molecule has 0 atom stereocenters. The van der Waals surface area contributed by atoms with E-state index in [-0.39, 0.29) is 6.03 Å². The molecule has 3 rings (SSSR count). The third-order valence-electron chi connectivity index (χ3n) is 4.24. The van der Waals surface area contributed by atoms with Crippen molar-refractivity contribution in [2.45, 2.75) is 6.92 Å². The summed E-state index contributed by atoms with van der Waals surface area (Å²) < 4.78 is 1.36. The summed E-state index contributed by atoms with van der Waals surface area (Å²) in [5.41, 5.74) is 1.35. The van der Waals surface area contributed by atoms with Gasteiger partial charge in [0.25, 0.3) is 0 Å². The van der Waals surface area contributed by atoms with E-state index in [1.807, 2.05) is 6.92 Å². The van der Waals surface area contributed by atoms with Crippen LogP contribution in [-0.4, -0.2) is 56.7 Å². The number of nitrogens with one attached hydrogen (secondary N) is 2. The number of benzene rings is 1. The first-order valence-electron chi connectivity index (χ1n) is 8.23. The maximum atomic E-state index is 11.4. The minimum atomic E-state index is -0.0738. The zero-order chi connectivity index (χ0) is 16.1. The van der Waals surface area contributed by atoms with Crippen molar-refractivity contribution >= 4 is 33.1 Å². The van der Waals surface area contributed by atoms with Gasteiger partial charge in [0.2, 0.25) is 0 Å². The van der Waals surface area contributed by atoms with Crippen LogP contribution in [0, 0.1) is 0 Å². The molecular weight excluding hydrogens is 308 g/mol. The topological polar surface area (TPSA) is 47.6 Å². The lowest BCUT2D eigenvalue weighted by Gasteiger charge is -2.36. The van der Waals surface area contributed by atoms with Gasteiger partial charge in [-0.2, -0.15) is 0 Å². The molecule has 0 saturated carbocycles. The van der Waals surface area contributed by atoms with Crippen molar-refractivity contribution in [3.8, 4) is 0 Å². The third kappa shape index (κ3) is 3.95. The van der Waals surface area contributed by atoms with E-state index in [9.17, 15) is 4.79 Å². The second-order valence-corrected chi connectivity index (χ2v) is 6.67. The summed E-state index contributed by atoms with van der Waals surface area (Å²) in [4.78, 5) is 16.3. The highest BCUT2D eigenvalue weighted by molar-refractivity contribution is 7.17. The summed E-state index contributed by atoms with van der Waals surface area (Å²) in [6.45, 7) is 8.35. The van der Waals surface area contributed by atoms with Crippen LogP contribution in [0.5, 0.6) is 0 Å². The first-order chi connectivity index (χ1) is 11.3. The van der Waals surface area contributed by atoms with Crippen LogP contribution in [0.25, 0.3) is 10.1 Å². The third-order valence-corrected chi connectivity index (χ3v) is 5.12. The highest BCUT2D eigenvalue weighted by Crippen LogP contribution is 2.30. The predicted octanol–water partition coefficient (Wildman–Crippen LogP) is 2.34. The number of anilines is 1. The van der Waals surface area contributed by atoms with Crippen molar-refractivity contribution in [2.24, 2.45) is 0 Å². The van der Waals surface area contributed by atoms with Gasteiger partial charge in [-0.3, -0.25) is 4.90 Å². The molecule has 23 heavy (non-hydrogen) atoms. The SMILES string of the molecule is CCNC(=O)NCCN1CCN(c2cccc3sccc23)CC1. The number of hydrogen-bond donors (Lipinski definition) is 2. The Labute approximate surface area is 141 Å². The number of carbonyl (C=O) groups is 1. The number of piperazine rings is 1. The van der Waals surface area contributed by atoms with Crippen LogP contribution in [-0.2, 0) is 0 Å². The Balaban J connectivity index is 1.49. The fourth-order valence-electron chi connectivity index (χ4n) is 3.02. The van der Waals surface area contributed by atoms with Crippen LogP contribution in [0.1, 0.15) is 6.92 Å². The van der Waals surface area contributed by atoms with Crippen molar-refractivity contribution in [2.75, 3.05) is 50.7 Å². The number of carbonyl (C=O) groups excluding carboxylic acids is 1. The first kappa shape index (κ1) is 16.1. The molecule has 1 aliphatic heterocycles. The maximum Gasteiger partial charge on any atom is 0.314 e. The molecule has 0 unspecified atom stereocenters. The van der Waals surface area contributed by atoms with Crippen molar-refractivity contribution < 1.29 is 4.79 Å². The monoisotopic (exact) mass is 332 g/mol. The molecule has 2 N–H and O–H groups in total. The van der Waals surface area contributed by atoms with E-state index >= 15 is 0 Å². The molecule has 124 valence electrons. The standard InChI is InChI=1S/C17H24N4OS/c1-2-18-17(22)19-7-8-20-9-11-21(12-10-20)15-4-3-5-16-14(15)6-13-23-16/h3-6,13H,2,7-12H2,1H3,(H2,18,19,22). The molecule has 0 spiro atoms. The summed E-state index contributed by atoms with van der Waals surface area (Å²) in [7, 11) is 0. The smallest absolute Gasteiger partial charge is 0.314 e. The van der Waals surface area contributed by atoms with E-state index < -0.39 is 0 Å². The lowest BCUT2D eigenvalue weighted by atomic mass is 10.2. The number of rotatable bonds is 5. The van der Waals surface area contributed by atoms with E-state index in [1.165, 1.54) is 15.8 Å². The Morgan fingerprint density at radius 2 is 2.00 bits per heavy atom. The number of hydrogen-bond acceptors (Lipinski definition) is 4. The first-order valence-corrected chi connectivity index (χ1v) is 9.11. The largest absolute Gasteiger partial charge is 0.368 e. The highest BCUT2D eigenvalue weighted by Gasteiger charge is 2.18. The van der Waals surface area contributed by atoms with Crippen molar-refractivity contribution in [3.05, 3.63) is 29.6 Å². The summed E-state index contributed by atoms with van der Waals surface area (Å²) in [6.07, 6.45) is 0. The van der Waals surface area contributed by atoms with Crippen LogP contribution >= 0.6 is 11.3 Å². The summed E-state index contributed by atoms with van der Waals surface area (Å²) in [5.74, 6) is 0. The van der Waals surface area contributed by atoms with Crippen LogP contribution in [0.3, 0.4) is 0 Å². The van der Waals surface area contributed by atoms with Crippen LogP contribution in [0.15, 0.2) is 29.6 Å². The minimum Gasteiger partial charge on any atom is -0.368 e. The molecule has 0 bridgehead atoms. The average molecular weight is 332 g/mol. The van der Waals surface area contributed by atoms with Gasteiger partial charge in [0.05, 0.1) is 0 Å². The van der Waals surface area contributed by atoms with Gasteiger partial charge in [0.15, 0.2) is 0 Å². The number of fused-ring (bicyclic) bond motifs is 1. The zero-order valence-electron chi connectivity index (χ0n) is 13.5. The molecule has 2 aromatic rings. The van der Waals surface area contributed by atoms with Gasteiger partial charge in [-0.05, 0) is 30.5 Å². The molecule has 1 fully saturated rings. The van der Waals surface area contributed by atoms with Gasteiger partial charge in [-0.25, -0.2) is 4.79 Å². The molecule has 0 aliphatic carbocycles. The fraction of sp³-hybridized carbons (Fsp3) is 0.471. The van der Waals surface area contributed by atoms with E-state index in [0.29, 0.717) is 13.1 Å². The van der Waals surface area contributed by atoms with E-state index in [4.69, 9.17) is 0 Å². The zero-order valence-corrected chi connectivity index (χ0v) is 14.4. The fourth-order valence-corrected chi connectivity index (χ4v) is 3.82. The van der Waals surface area contributed by atoms with Crippen LogP contribution in [0.4, 0.5) is 10.5 Å². The quantitative estimate of drug-likeness (QED) is 0.883. The summed E-state index contributed by atoms with van der Waals surface area (Å²) >= 11 is 1.80. The normalized spacial score (nSPS) is 15.8. The van der Waals surface area contributed by atoms with E-state index in [1.54, 1.807) is 11.3 Å². The van der Waals surface area contributed by atoms with Crippen LogP contribution < -0.4 is 15.5 Å². The molecular formula is C17H24N4OS. The maximum absolute atomic E-state index is 11.4. The molecule has 1 aliphatic rings. The van der Waals surface area contributed by atoms with Crippen molar-refractivity contribution in [3.63, 3.8) is 0 Å². The summed E-state index contributed by atoms with van der Waals surface area (Å²) in [5, 5.41) is 9.17. The Bertz CT molecular complexity index is 649. The lowest BCUT2D eigenvalue weighted by Crippen LogP contribution is -2.49. The van der Waals surface area contributed by atoms with Crippen LogP contribution in [0.2, 0.25) is 0 Å². The average Bonchev–Trinajstić information content (AvgIpc) is 3.04. The Morgan fingerprint density at radius 3 is 2.78 bits per heavy atom. The second kappa shape index (κ2) is 7.66. The van der Waals surface area contributed by atoms with E-state index in [2.05, 4.69) is 50.1 Å². The van der Waals surface area contributed by atoms with Crippen molar-refractivity contribution in [1.82, 2.24) is 15.5 Å². The second-order valence-electron chi connectivity index (χ2n) is 5.72. The summed E-state index contributed by atoms with van der Waals surface area (Å²) in [6, 6.07) is 8.71.